The highest BCUT2D eigenvalue weighted by Crippen LogP contribution is 2.25. The van der Waals surface area contributed by atoms with Gasteiger partial charge in [-0.2, -0.15) is 0 Å². The number of hydrogen-bond donors (Lipinski definition) is 2. The maximum absolute atomic E-state index is 12.4. The highest BCUT2D eigenvalue weighted by atomic mass is 32.2. The van der Waals surface area contributed by atoms with E-state index in [2.05, 4.69) is 20.8 Å². The highest BCUT2D eigenvalue weighted by molar-refractivity contribution is 7.99. The van der Waals surface area contributed by atoms with Gasteiger partial charge in [-0.1, -0.05) is 54.2 Å². The molecule has 0 fully saturated rings. The molecule has 172 valence electrons. The van der Waals surface area contributed by atoms with Gasteiger partial charge in [0.05, 0.1) is 17.2 Å². The van der Waals surface area contributed by atoms with E-state index in [1.807, 2.05) is 72.2 Å². The number of nitrogens with one attached hydrogen (secondary N) is 2. The molecule has 2 N–H and O–H groups in total. The van der Waals surface area contributed by atoms with E-state index in [9.17, 15) is 14.9 Å². The molecule has 4 aromatic rings. The van der Waals surface area contributed by atoms with Crippen LogP contribution in [-0.4, -0.2) is 31.3 Å². The molecule has 10 heteroatoms. The number of carbonyl (C=O) groups excluding carboxylic acids is 1. The molecule has 0 aliphatic carbocycles. The minimum Gasteiger partial charge on any atom is -0.377 e. The van der Waals surface area contributed by atoms with Gasteiger partial charge >= 0.3 is 0 Å². The van der Waals surface area contributed by atoms with Crippen LogP contribution in [0.4, 0.5) is 17.1 Å². The second kappa shape index (κ2) is 10.6. The maximum atomic E-state index is 12.4. The Bertz CT molecular complexity index is 1290. The summed E-state index contributed by atoms with van der Waals surface area (Å²) >= 11 is 1.28. The van der Waals surface area contributed by atoms with Crippen molar-refractivity contribution in [3.8, 4) is 5.69 Å². The first kappa shape index (κ1) is 23.0. The smallest absolute Gasteiger partial charge is 0.271 e. The monoisotopic (exact) mass is 474 g/mol. The number of anilines is 2. The molecule has 1 aromatic heterocycles. The molecular weight excluding hydrogens is 452 g/mol. The van der Waals surface area contributed by atoms with Gasteiger partial charge in [-0.15, -0.1) is 10.2 Å². The Morgan fingerprint density at radius 3 is 2.44 bits per heavy atom. The van der Waals surface area contributed by atoms with Crippen molar-refractivity contribution in [3.63, 3.8) is 0 Å². The van der Waals surface area contributed by atoms with E-state index < -0.39 is 4.92 Å². The minimum atomic E-state index is -0.424. The Labute approximate surface area is 200 Å². The van der Waals surface area contributed by atoms with E-state index in [1.54, 1.807) is 6.07 Å². The van der Waals surface area contributed by atoms with Crippen molar-refractivity contribution in [1.82, 2.24) is 14.8 Å². The van der Waals surface area contributed by atoms with Crippen LogP contribution in [0.5, 0.6) is 0 Å². The third-order valence-corrected chi connectivity index (χ3v) is 5.90. The largest absolute Gasteiger partial charge is 0.377 e. The highest BCUT2D eigenvalue weighted by Gasteiger charge is 2.17. The quantitative estimate of drug-likeness (QED) is 0.203. The summed E-state index contributed by atoms with van der Waals surface area (Å²) in [6, 6.07) is 23.5. The van der Waals surface area contributed by atoms with Gasteiger partial charge < -0.3 is 10.6 Å². The molecule has 9 nitrogen and oxygen atoms in total. The van der Waals surface area contributed by atoms with E-state index in [0.717, 1.165) is 16.9 Å². The average molecular weight is 475 g/mol. The summed E-state index contributed by atoms with van der Waals surface area (Å²) in [7, 11) is 0. The zero-order valence-corrected chi connectivity index (χ0v) is 19.2. The Kier molecular flexibility index (Phi) is 7.19. The summed E-state index contributed by atoms with van der Waals surface area (Å²) in [6.45, 7) is 2.17. The molecule has 0 spiro atoms. The van der Waals surface area contributed by atoms with Gasteiger partial charge in [-0.25, -0.2) is 0 Å². The van der Waals surface area contributed by atoms with Gasteiger partial charge in [0.2, 0.25) is 5.91 Å². The molecular formula is C24H22N6O3S. The lowest BCUT2D eigenvalue weighted by atomic mass is 10.2. The predicted molar refractivity (Wildman–Crippen MR) is 132 cm³/mol. The predicted octanol–water partition coefficient (Wildman–Crippen LogP) is 4.83. The maximum Gasteiger partial charge on any atom is 0.271 e. The van der Waals surface area contributed by atoms with Gasteiger partial charge in [0.1, 0.15) is 0 Å². The molecule has 0 unspecified atom stereocenters. The fourth-order valence-corrected chi connectivity index (χ4v) is 4.05. The van der Waals surface area contributed by atoms with E-state index in [1.165, 1.54) is 23.9 Å². The third-order valence-electron chi connectivity index (χ3n) is 4.97. The summed E-state index contributed by atoms with van der Waals surface area (Å²) < 4.78 is 1.88. The number of rotatable bonds is 9. The van der Waals surface area contributed by atoms with Crippen molar-refractivity contribution in [2.24, 2.45) is 0 Å². The number of nitro benzene ring substituents is 1. The third kappa shape index (κ3) is 5.59. The summed E-state index contributed by atoms with van der Waals surface area (Å²) in [4.78, 5) is 23.1. The van der Waals surface area contributed by atoms with Crippen molar-refractivity contribution in [1.29, 1.82) is 0 Å². The average Bonchev–Trinajstić information content (AvgIpc) is 3.26. The lowest BCUT2D eigenvalue weighted by molar-refractivity contribution is -0.384. The zero-order valence-electron chi connectivity index (χ0n) is 18.3. The van der Waals surface area contributed by atoms with Crippen LogP contribution in [0.1, 0.15) is 11.4 Å². The van der Waals surface area contributed by atoms with Crippen molar-refractivity contribution in [3.05, 3.63) is 100 Å². The van der Waals surface area contributed by atoms with E-state index >= 15 is 0 Å². The number of aryl methyl sites for hydroxylation is 1. The SMILES string of the molecule is Cc1ccc([N+](=O)[O-])cc1NCc1nnc(SCC(=O)Nc2ccccc2)n1-c1ccccc1. The molecule has 1 heterocycles. The summed E-state index contributed by atoms with van der Waals surface area (Å²) in [6.07, 6.45) is 0. The van der Waals surface area contributed by atoms with Gasteiger partial charge in [0.25, 0.3) is 5.69 Å². The number of hydrogen-bond acceptors (Lipinski definition) is 7. The molecule has 3 aromatic carbocycles. The van der Waals surface area contributed by atoms with Crippen LogP contribution in [0.25, 0.3) is 5.69 Å². The lowest BCUT2D eigenvalue weighted by Crippen LogP contribution is -2.14. The van der Waals surface area contributed by atoms with Crippen molar-refractivity contribution < 1.29 is 9.72 Å². The molecule has 0 atom stereocenters. The molecule has 0 bridgehead atoms. The molecule has 0 saturated carbocycles. The first-order valence-electron chi connectivity index (χ1n) is 10.5. The number of para-hydroxylation sites is 2. The Morgan fingerprint density at radius 1 is 1.03 bits per heavy atom. The molecule has 34 heavy (non-hydrogen) atoms. The van der Waals surface area contributed by atoms with Crippen molar-refractivity contribution in [2.45, 2.75) is 18.6 Å². The molecule has 0 radical (unpaired) electrons. The van der Waals surface area contributed by atoms with Crippen molar-refractivity contribution >= 4 is 34.7 Å². The van der Waals surface area contributed by atoms with Gasteiger partial charge in [-0.05, 0) is 36.8 Å². The summed E-state index contributed by atoms with van der Waals surface area (Å²) in [5.41, 5.74) is 3.12. The van der Waals surface area contributed by atoms with Crippen LogP contribution in [0.3, 0.4) is 0 Å². The lowest BCUT2D eigenvalue weighted by Gasteiger charge is -2.12. The molecule has 1 amide bonds. The Balaban J connectivity index is 1.53. The second-order valence-corrected chi connectivity index (χ2v) is 8.33. The first-order chi connectivity index (χ1) is 16.5. The molecule has 4 rings (SSSR count). The number of non-ortho nitro benzene ring substituents is 1. The van der Waals surface area contributed by atoms with E-state index in [-0.39, 0.29) is 17.3 Å². The second-order valence-electron chi connectivity index (χ2n) is 7.38. The zero-order chi connectivity index (χ0) is 23.9. The normalized spacial score (nSPS) is 10.6. The number of carbonyl (C=O) groups is 1. The van der Waals surface area contributed by atoms with Crippen LogP contribution in [0.2, 0.25) is 0 Å². The van der Waals surface area contributed by atoms with Gasteiger partial charge in [0.15, 0.2) is 11.0 Å². The number of amides is 1. The van der Waals surface area contributed by atoms with Crippen LogP contribution in [0, 0.1) is 17.0 Å². The van der Waals surface area contributed by atoms with E-state index in [0.29, 0.717) is 23.2 Å². The number of thioether (sulfide) groups is 1. The topological polar surface area (TPSA) is 115 Å². The number of aromatic nitrogens is 3. The Morgan fingerprint density at radius 2 is 1.74 bits per heavy atom. The van der Waals surface area contributed by atoms with Gasteiger partial charge in [-0.3, -0.25) is 19.5 Å². The Hall–Kier alpha value is -4.18. The fourth-order valence-electron chi connectivity index (χ4n) is 3.28. The van der Waals surface area contributed by atoms with E-state index in [4.69, 9.17) is 0 Å². The van der Waals surface area contributed by atoms with Crippen LogP contribution >= 0.6 is 11.8 Å². The number of nitro groups is 1. The molecule has 0 aliphatic heterocycles. The molecule has 0 aliphatic rings. The van der Waals surface area contributed by atoms with Gasteiger partial charge in [0, 0.05) is 29.2 Å². The molecule has 0 saturated heterocycles. The fraction of sp³-hybridized carbons (Fsp3) is 0.125. The van der Waals surface area contributed by atoms with Crippen molar-refractivity contribution in [2.75, 3.05) is 16.4 Å². The minimum absolute atomic E-state index is 0.0123. The van der Waals surface area contributed by atoms with Crippen LogP contribution in [-0.2, 0) is 11.3 Å². The van der Waals surface area contributed by atoms with Crippen LogP contribution in [0.15, 0.2) is 84.0 Å². The summed E-state index contributed by atoms with van der Waals surface area (Å²) in [5.74, 6) is 0.630. The summed E-state index contributed by atoms with van der Waals surface area (Å²) in [5, 5.41) is 26.4. The number of benzene rings is 3. The number of nitrogens with zero attached hydrogens (tertiary/aromatic N) is 4. The standard InChI is InChI=1S/C24H22N6O3S/c1-17-12-13-20(30(32)33)14-21(17)25-15-22-27-28-24(29(22)19-10-6-3-7-11-19)34-16-23(31)26-18-8-4-2-5-9-18/h2-14,25H,15-16H2,1H3,(H,26,31). The van der Waals surface area contributed by atoms with Crippen LogP contribution < -0.4 is 10.6 Å². The first-order valence-corrected chi connectivity index (χ1v) is 11.5.